The third-order valence-electron chi connectivity index (χ3n) is 5.24. The van der Waals surface area contributed by atoms with Crippen LogP contribution in [-0.4, -0.2) is 24.6 Å². The van der Waals surface area contributed by atoms with Crippen LogP contribution in [0.5, 0.6) is 5.75 Å². The molecule has 0 bridgehead atoms. The van der Waals surface area contributed by atoms with Gasteiger partial charge in [0.25, 0.3) is 0 Å². The summed E-state index contributed by atoms with van der Waals surface area (Å²) < 4.78 is 6.05. The first-order chi connectivity index (χ1) is 11.7. The van der Waals surface area contributed by atoms with Crippen molar-refractivity contribution in [1.29, 1.82) is 0 Å². The highest BCUT2D eigenvalue weighted by molar-refractivity contribution is 5.78. The molecule has 2 aliphatic rings. The highest BCUT2D eigenvalue weighted by atomic mass is 16.5. The smallest absolute Gasteiger partial charge is 0.223 e. The maximum Gasteiger partial charge on any atom is 0.223 e. The number of piperidine rings is 1. The van der Waals surface area contributed by atoms with Crippen molar-refractivity contribution in [2.75, 3.05) is 6.54 Å². The molecule has 0 spiro atoms. The molecule has 132 valence electrons. The van der Waals surface area contributed by atoms with Crippen LogP contribution in [0.2, 0.25) is 0 Å². The molecule has 2 N–H and O–H groups in total. The summed E-state index contributed by atoms with van der Waals surface area (Å²) in [5, 5.41) is 6.47. The van der Waals surface area contributed by atoms with E-state index in [1.54, 1.807) is 0 Å². The first-order valence-corrected chi connectivity index (χ1v) is 9.47. The second-order valence-electron chi connectivity index (χ2n) is 7.32. The first kappa shape index (κ1) is 17.3. The van der Waals surface area contributed by atoms with Gasteiger partial charge in [0.1, 0.15) is 5.75 Å². The van der Waals surface area contributed by atoms with E-state index in [1.807, 2.05) is 12.1 Å². The lowest BCUT2D eigenvalue weighted by molar-refractivity contribution is -0.126. The van der Waals surface area contributed by atoms with Crippen molar-refractivity contribution in [2.24, 2.45) is 5.92 Å². The molecule has 1 saturated carbocycles. The molecule has 0 radical (unpaired) electrons. The molecule has 1 aromatic carbocycles. The Morgan fingerprint density at radius 3 is 2.62 bits per heavy atom. The van der Waals surface area contributed by atoms with Gasteiger partial charge in [-0.25, -0.2) is 0 Å². The number of carbonyl (C=O) groups is 1. The highest BCUT2D eigenvalue weighted by Gasteiger charge is 2.24. The fraction of sp³-hybridized carbons (Fsp3) is 0.650. The number of rotatable bonds is 5. The van der Waals surface area contributed by atoms with Gasteiger partial charge in [-0.05, 0) is 69.7 Å². The van der Waals surface area contributed by atoms with Gasteiger partial charge in [-0.15, -0.1) is 0 Å². The summed E-state index contributed by atoms with van der Waals surface area (Å²) >= 11 is 0. The summed E-state index contributed by atoms with van der Waals surface area (Å²) in [7, 11) is 0. The second kappa shape index (κ2) is 8.52. The van der Waals surface area contributed by atoms with E-state index < -0.39 is 0 Å². The van der Waals surface area contributed by atoms with Crippen molar-refractivity contribution in [3.05, 3.63) is 29.8 Å². The predicted molar refractivity (Wildman–Crippen MR) is 96.0 cm³/mol. The first-order valence-electron chi connectivity index (χ1n) is 9.47. The molecule has 4 heteroatoms. The van der Waals surface area contributed by atoms with Crippen molar-refractivity contribution in [2.45, 2.75) is 70.6 Å². The molecule has 1 aliphatic carbocycles. The molecule has 2 atom stereocenters. The van der Waals surface area contributed by atoms with Crippen LogP contribution in [0.4, 0.5) is 0 Å². The molecule has 1 amide bonds. The van der Waals surface area contributed by atoms with Crippen molar-refractivity contribution >= 4 is 5.91 Å². The summed E-state index contributed by atoms with van der Waals surface area (Å²) in [6.45, 7) is 3.68. The van der Waals surface area contributed by atoms with E-state index in [0.717, 1.165) is 30.7 Å². The Morgan fingerprint density at radius 2 is 1.92 bits per heavy atom. The van der Waals surface area contributed by atoms with Crippen LogP contribution >= 0.6 is 0 Å². The molecular formula is C20H30N2O2. The fourth-order valence-electron chi connectivity index (χ4n) is 3.76. The van der Waals surface area contributed by atoms with Gasteiger partial charge in [0.2, 0.25) is 5.91 Å². The molecule has 1 aromatic rings. The maximum atomic E-state index is 12.3. The second-order valence-corrected chi connectivity index (χ2v) is 7.32. The van der Waals surface area contributed by atoms with E-state index in [1.165, 1.54) is 32.1 Å². The zero-order valence-corrected chi connectivity index (χ0v) is 14.7. The van der Waals surface area contributed by atoms with Gasteiger partial charge in [0, 0.05) is 18.5 Å². The lowest BCUT2D eigenvalue weighted by atomic mass is 9.92. The van der Waals surface area contributed by atoms with Crippen LogP contribution in [0.3, 0.4) is 0 Å². The quantitative estimate of drug-likeness (QED) is 0.870. The monoisotopic (exact) mass is 330 g/mol. The van der Waals surface area contributed by atoms with Gasteiger partial charge in [0.15, 0.2) is 0 Å². The van der Waals surface area contributed by atoms with E-state index in [-0.39, 0.29) is 11.8 Å². The largest absolute Gasteiger partial charge is 0.490 e. The fourth-order valence-corrected chi connectivity index (χ4v) is 3.76. The number of ether oxygens (including phenoxy) is 1. The number of hydrogen-bond donors (Lipinski definition) is 2. The Hall–Kier alpha value is -1.55. The van der Waals surface area contributed by atoms with Crippen LogP contribution < -0.4 is 15.4 Å². The molecule has 0 aromatic heterocycles. The summed E-state index contributed by atoms with van der Waals surface area (Å²) in [4.78, 5) is 12.3. The molecule has 2 fully saturated rings. The van der Waals surface area contributed by atoms with Gasteiger partial charge >= 0.3 is 0 Å². The summed E-state index contributed by atoms with van der Waals surface area (Å²) in [5.41, 5.74) is 1.13. The molecule has 3 rings (SSSR count). The lowest BCUT2D eigenvalue weighted by Gasteiger charge is -2.27. The summed E-state index contributed by atoms with van der Waals surface area (Å²) in [5.74, 6) is 1.28. The molecule has 24 heavy (non-hydrogen) atoms. The average molecular weight is 330 g/mol. The van der Waals surface area contributed by atoms with Crippen molar-refractivity contribution in [3.8, 4) is 5.75 Å². The normalized spacial score (nSPS) is 25.2. The summed E-state index contributed by atoms with van der Waals surface area (Å²) in [6, 6.07) is 8.61. The summed E-state index contributed by atoms with van der Waals surface area (Å²) in [6.07, 6.45) is 8.50. The van der Waals surface area contributed by atoms with Crippen molar-refractivity contribution in [3.63, 3.8) is 0 Å². The molecule has 1 aliphatic heterocycles. The minimum atomic E-state index is 0.148. The zero-order valence-electron chi connectivity index (χ0n) is 14.7. The lowest BCUT2D eigenvalue weighted by Crippen LogP contribution is -2.42. The average Bonchev–Trinajstić information content (AvgIpc) is 2.62. The maximum absolute atomic E-state index is 12.3. The number of carbonyl (C=O) groups excluding carboxylic acids is 1. The van der Waals surface area contributed by atoms with Gasteiger partial charge in [0.05, 0.1) is 6.10 Å². The number of nitrogens with one attached hydrogen (secondary N) is 2. The van der Waals surface area contributed by atoms with E-state index in [0.29, 0.717) is 18.7 Å². The van der Waals surface area contributed by atoms with Crippen LogP contribution in [-0.2, 0) is 11.3 Å². The van der Waals surface area contributed by atoms with Gasteiger partial charge in [-0.1, -0.05) is 18.6 Å². The zero-order chi connectivity index (χ0) is 16.8. The molecule has 0 unspecified atom stereocenters. The molecule has 1 saturated heterocycles. The Bertz CT molecular complexity index is 523. The van der Waals surface area contributed by atoms with Crippen LogP contribution in [0.15, 0.2) is 24.3 Å². The Labute approximate surface area is 145 Å². The van der Waals surface area contributed by atoms with Crippen LogP contribution in [0, 0.1) is 5.92 Å². The highest BCUT2D eigenvalue weighted by Crippen LogP contribution is 2.23. The Morgan fingerprint density at radius 1 is 1.17 bits per heavy atom. The number of benzene rings is 1. The molecule has 1 heterocycles. The van der Waals surface area contributed by atoms with Gasteiger partial charge in [-0.2, -0.15) is 0 Å². The predicted octanol–water partition coefficient (Wildman–Crippen LogP) is 3.40. The third kappa shape index (κ3) is 4.97. The molecular weight excluding hydrogens is 300 g/mol. The van der Waals surface area contributed by atoms with Crippen molar-refractivity contribution < 1.29 is 9.53 Å². The van der Waals surface area contributed by atoms with Gasteiger partial charge < -0.3 is 15.4 Å². The minimum Gasteiger partial charge on any atom is -0.490 e. The van der Waals surface area contributed by atoms with E-state index >= 15 is 0 Å². The van der Waals surface area contributed by atoms with Crippen molar-refractivity contribution in [1.82, 2.24) is 10.6 Å². The van der Waals surface area contributed by atoms with Crippen LogP contribution in [0.25, 0.3) is 0 Å². The number of amides is 1. The van der Waals surface area contributed by atoms with E-state index in [2.05, 4.69) is 29.7 Å². The van der Waals surface area contributed by atoms with Gasteiger partial charge in [-0.3, -0.25) is 4.79 Å². The standard InChI is InChI=1S/C20H30N2O2/c1-15-13-17(11-12-21-15)20(23)22-14-16-7-9-19(10-8-16)24-18-5-3-2-4-6-18/h7-10,15,17-18,21H,2-6,11-14H2,1H3,(H,22,23)/t15-,17-/m0/s1. The number of hydrogen-bond acceptors (Lipinski definition) is 3. The minimum absolute atomic E-state index is 0.148. The topological polar surface area (TPSA) is 50.4 Å². The van der Waals surface area contributed by atoms with E-state index in [9.17, 15) is 4.79 Å². The molecule has 4 nitrogen and oxygen atoms in total. The third-order valence-corrected chi connectivity index (χ3v) is 5.24. The Kier molecular flexibility index (Phi) is 6.13. The SMILES string of the molecule is C[C@H]1C[C@@H](C(=O)NCc2ccc(OC3CCCCC3)cc2)CCN1. The van der Waals surface area contributed by atoms with Crippen LogP contribution in [0.1, 0.15) is 57.4 Å². The van der Waals surface area contributed by atoms with E-state index in [4.69, 9.17) is 4.74 Å². The Balaban J connectivity index is 1.44.